The van der Waals surface area contributed by atoms with Gasteiger partial charge in [-0.3, -0.25) is 0 Å². The van der Waals surface area contributed by atoms with Gasteiger partial charge >= 0.3 is 0 Å². The van der Waals surface area contributed by atoms with E-state index in [0.717, 1.165) is 12.2 Å². The number of methoxy groups -OCH3 is 1. The Morgan fingerprint density at radius 3 is 2.60 bits per heavy atom. The molecule has 1 rings (SSSR count). The molecule has 0 bridgehead atoms. The predicted molar refractivity (Wildman–Crippen MR) is 45.0 cm³/mol. The highest BCUT2D eigenvalue weighted by Crippen LogP contribution is 2.27. The van der Waals surface area contributed by atoms with Gasteiger partial charge in [0.15, 0.2) is 0 Å². The van der Waals surface area contributed by atoms with Gasteiger partial charge in [-0.05, 0) is 19.4 Å². The minimum absolute atomic E-state index is 1.03. The van der Waals surface area contributed by atoms with Gasteiger partial charge in [0.2, 0.25) is 0 Å². The molecule has 0 amide bonds. The van der Waals surface area contributed by atoms with Crippen LogP contribution in [0.2, 0.25) is 0 Å². The fraction of sp³-hybridized carbons (Fsp3) is 0.500. The first-order valence-corrected chi connectivity index (χ1v) is 4.23. The van der Waals surface area contributed by atoms with Gasteiger partial charge in [-0.25, -0.2) is 0 Å². The van der Waals surface area contributed by atoms with Gasteiger partial charge in [-0.2, -0.15) is 0 Å². The van der Waals surface area contributed by atoms with E-state index in [9.17, 15) is 0 Å². The van der Waals surface area contributed by atoms with Crippen molar-refractivity contribution in [2.24, 2.45) is 0 Å². The smallest absolute Gasteiger partial charge is 0.132 e. The molecule has 1 aromatic heterocycles. The SMILES string of the molecule is CCc1cc(OC)c(C)s1. The summed E-state index contributed by atoms with van der Waals surface area (Å²) in [5.41, 5.74) is 0. The third-order valence-corrected chi connectivity index (χ3v) is 2.67. The van der Waals surface area contributed by atoms with Crippen LogP contribution in [0.4, 0.5) is 0 Å². The number of rotatable bonds is 2. The minimum atomic E-state index is 1.03. The summed E-state index contributed by atoms with van der Waals surface area (Å²) in [6.07, 6.45) is 1.11. The zero-order valence-electron chi connectivity index (χ0n) is 6.60. The molecule has 0 aliphatic heterocycles. The third-order valence-electron chi connectivity index (χ3n) is 1.49. The molecule has 0 saturated carbocycles. The summed E-state index contributed by atoms with van der Waals surface area (Å²) in [5.74, 6) is 1.03. The number of ether oxygens (including phenoxy) is 1. The Morgan fingerprint density at radius 1 is 1.60 bits per heavy atom. The van der Waals surface area contributed by atoms with E-state index in [1.165, 1.54) is 9.75 Å². The molecule has 0 aliphatic rings. The molecule has 56 valence electrons. The Morgan fingerprint density at radius 2 is 2.30 bits per heavy atom. The van der Waals surface area contributed by atoms with Crippen LogP contribution in [-0.4, -0.2) is 7.11 Å². The first-order chi connectivity index (χ1) is 4.77. The summed E-state index contributed by atoms with van der Waals surface area (Å²) >= 11 is 1.81. The Labute approximate surface area is 65.6 Å². The van der Waals surface area contributed by atoms with Crippen LogP contribution in [0.5, 0.6) is 5.75 Å². The van der Waals surface area contributed by atoms with Crippen molar-refractivity contribution in [3.63, 3.8) is 0 Å². The molecule has 2 heteroatoms. The summed E-state index contributed by atoms with van der Waals surface area (Å²) in [6.45, 7) is 4.24. The van der Waals surface area contributed by atoms with Gasteiger partial charge in [0, 0.05) is 9.75 Å². The van der Waals surface area contributed by atoms with Crippen LogP contribution in [0.25, 0.3) is 0 Å². The normalized spacial score (nSPS) is 9.90. The average molecular weight is 156 g/mol. The third kappa shape index (κ3) is 1.32. The first kappa shape index (κ1) is 7.61. The molecule has 1 heterocycles. The second-order valence-corrected chi connectivity index (χ2v) is 3.53. The molecule has 0 spiro atoms. The fourth-order valence-corrected chi connectivity index (χ4v) is 1.85. The molecule has 0 aromatic carbocycles. The minimum Gasteiger partial charge on any atom is -0.496 e. The molecule has 0 aliphatic carbocycles. The maximum absolute atomic E-state index is 5.14. The topological polar surface area (TPSA) is 9.23 Å². The maximum atomic E-state index is 5.14. The van der Waals surface area contributed by atoms with Crippen LogP contribution in [0, 0.1) is 6.92 Å². The fourth-order valence-electron chi connectivity index (χ4n) is 0.901. The van der Waals surface area contributed by atoms with E-state index in [1.807, 2.05) is 11.3 Å². The highest BCUT2D eigenvalue weighted by molar-refractivity contribution is 7.12. The quantitative estimate of drug-likeness (QED) is 0.639. The van der Waals surface area contributed by atoms with Crippen molar-refractivity contribution in [3.05, 3.63) is 15.8 Å². The summed E-state index contributed by atoms with van der Waals surface area (Å²) in [4.78, 5) is 2.67. The zero-order chi connectivity index (χ0) is 7.56. The molecule has 0 unspecified atom stereocenters. The van der Waals surface area contributed by atoms with Crippen molar-refractivity contribution >= 4 is 11.3 Å². The summed E-state index contributed by atoms with van der Waals surface area (Å²) in [6, 6.07) is 2.11. The van der Waals surface area contributed by atoms with Crippen molar-refractivity contribution in [1.29, 1.82) is 0 Å². The second-order valence-electron chi connectivity index (χ2n) is 2.19. The van der Waals surface area contributed by atoms with E-state index in [1.54, 1.807) is 7.11 Å². The van der Waals surface area contributed by atoms with Gasteiger partial charge < -0.3 is 4.74 Å². The zero-order valence-corrected chi connectivity index (χ0v) is 7.42. The van der Waals surface area contributed by atoms with E-state index in [-0.39, 0.29) is 0 Å². The second kappa shape index (κ2) is 3.06. The molecule has 0 fully saturated rings. The van der Waals surface area contributed by atoms with E-state index in [0.29, 0.717) is 0 Å². The summed E-state index contributed by atoms with van der Waals surface area (Å²) in [7, 11) is 1.72. The first-order valence-electron chi connectivity index (χ1n) is 3.41. The van der Waals surface area contributed by atoms with Crippen LogP contribution in [0.3, 0.4) is 0 Å². The number of thiophene rings is 1. The van der Waals surface area contributed by atoms with Crippen LogP contribution in [-0.2, 0) is 6.42 Å². The van der Waals surface area contributed by atoms with Gasteiger partial charge in [0.1, 0.15) is 5.75 Å². The average Bonchev–Trinajstić information content (AvgIpc) is 2.30. The van der Waals surface area contributed by atoms with Crippen molar-refractivity contribution in [1.82, 2.24) is 0 Å². The maximum Gasteiger partial charge on any atom is 0.132 e. The largest absolute Gasteiger partial charge is 0.496 e. The van der Waals surface area contributed by atoms with Gasteiger partial charge in [0.05, 0.1) is 7.11 Å². The van der Waals surface area contributed by atoms with Crippen molar-refractivity contribution in [2.75, 3.05) is 7.11 Å². The van der Waals surface area contributed by atoms with Crippen LogP contribution in [0.1, 0.15) is 16.7 Å². The Kier molecular flexibility index (Phi) is 2.33. The van der Waals surface area contributed by atoms with Crippen molar-refractivity contribution in [2.45, 2.75) is 20.3 Å². The number of aryl methyl sites for hydroxylation is 2. The van der Waals surface area contributed by atoms with Crippen LogP contribution >= 0.6 is 11.3 Å². The van der Waals surface area contributed by atoms with Crippen molar-refractivity contribution < 1.29 is 4.74 Å². The van der Waals surface area contributed by atoms with Crippen molar-refractivity contribution in [3.8, 4) is 5.75 Å². The number of hydrogen-bond acceptors (Lipinski definition) is 2. The van der Waals surface area contributed by atoms with Gasteiger partial charge in [-0.1, -0.05) is 6.92 Å². The predicted octanol–water partition coefficient (Wildman–Crippen LogP) is 2.63. The Hall–Kier alpha value is -0.500. The lowest BCUT2D eigenvalue weighted by Gasteiger charge is -1.92. The number of hydrogen-bond donors (Lipinski definition) is 0. The van der Waals surface area contributed by atoms with Crippen LogP contribution < -0.4 is 4.74 Å². The van der Waals surface area contributed by atoms with E-state index >= 15 is 0 Å². The lowest BCUT2D eigenvalue weighted by atomic mass is 10.3. The van der Waals surface area contributed by atoms with Crippen LogP contribution in [0.15, 0.2) is 6.07 Å². The Balaban J connectivity index is 2.92. The summed E-state index contributed by atoms with van der Waals surface area (Å²) < 4.78 is 5.14. The van der Waals surface area contributed by atoms with E-state index in [2.05, 4.69) is 19.9 Å². The molecular weight excluding hydrogens is 144 g/mol. The molecule has 10 heavy (non-hydrogen) atoms. The lowest BCUT2D eigenvalue weighted by molar-refractivity contribution is 0.414. The molecule has 1 nitrogen and oxygen atoms in total. The van der Waals surface area contributed by atoms with E-state index in [4.69, 9.17) is 4.74 Å². The molecule has 0 N–H and O–H groups in total. The molecule has 1 aromatic rings. The molecule has 0 saturated heterocycles. The summed E-state index contributed by atoms with van der Waals surface area (Å²) in [5, 5.41) is 0. The standard InChI is InChI=1S/C8H12OS/c1-4-7-5-8(9-3)6(2)10-7/h5H,4H2,1-3H3. The van der Waals surface area contributed by atoms with E-state index < -0.39 is 0 Å². The highest BCUT2D eigenvalue weighted by atomic mass is 32.1. The molecule has 0 atom stereocenters. The Bertz CT molecular complexity index is 215. The highest BCUT2D eigenvalue weighted by Gasteiger charge is 2.02. The molecule has 0 radical (unpaired) electrons. The van der Waals surface area contributed by atoms with Gasteiger partial charge in [0.25, 0.3) is 0 Å². The lowest BCUT2D eigenvalue weighted by Crippen LogP contribution is -1.79. The van der Waals surface area contributed by atoms with Gasteiger partial charge in [-0.15, -0.1) is 11.3 Å². The monoisotopic (exact) mass is 156 g/mol. The molecular formula is C8H12OS.